The highest BCUT2D eigenvalue weighted by atomic mass is 32.2. The van der Waals surface area contributed by atoms with Crippen LogP contribution in [-0.4, -0.2) is 37.2 Å². The molecule has 1 fully saturated rings. The topological polar surface area (TPSA) is 67.8 Å². The van der Waals surface area contributed by atoms with Gasteiger partial charge in [0, 0.05) is 29.4 Å². The van der Waals surface area contributed by atoms with E-state index in [0.29, 0.717) is 6.54 Å². The first kappa shape index (κ1) is 19.0. The van der Waals surface area contributed by atoms with Crippen molar-refractivity contribution >= 4 is 29.3 Å². The van der Waals surface area contributed by atoms with Gasteiger partial charge in [-0.2, -0.15) is 0 Å². The van der Waals surface area contributed by atoms with Gasteiger partial charge < -0.3 is 10.6 Å². The number of thioether (sulfide) groups is 1. The largest absolute Gasteiger partial charge is 0.369 e. The number of likely N-dealkylation sites (tertiary alicyclic amines) is 1. The van der Waals surface area contributed by atoms with E-state index in [2.05, 4.69) is 18.2 Å². The number of primary amides is 1. The molecule has 5 nitrogen and oxygen atoms in total. The number of piperidine rings is 1. The summed E-state index contributed by atoms with van der Waals surface area (Å²) in [6.07, 6.45) is 1.54. The van der Waals surface area contributed by atoms with Crippen LogP contribution in [-0.2, 0) is 9.59 Å². The number of nitrogens with zero attached hydrogens (tertiary/aromatic N) is 1. The molecule has 1 saturated heterocycles. The predicted molar refractivity (Wildman–Crippen MR) is 111 cm³/mol. The van der Waals surface area contributed by atoms with E-state index < -0.39 is 0 Å². The quantitative estimate of drug-likeness (QED) is 0.826. The maximum absolute atomic E-state index is 13.4. The molecule has 0 unspecified atom stereocenters. The fraction of sp³-hybridized carbons (Fsp3) is 0.364. The summed E-state index contributed by atoms with van der Waals surface area (Å²) in [7, 11) is 0. The van der Waals surface area contributed by atoms with Crippen molar-refractivity contribution in [2.45, 2.75) is 23.8 Å². The standard InChI is InChI=1S/C22H25N3O2S/c23-22(27)17-10-12-24(13-11-17)14-21(26)25-18-8-4-5-9-20(18)28-15-19(25)16-6-2-1-3-7-16/h1-9,17,19H,10-15H2,(H2,23,27)/p+1/t19-/m0/s1. The second-order valence-corrected chi connectivity index (χ2v) is 8.63. The highest BCUT2D eigenvalue weighted by Crippen LogP contribution is 2.42. The van der Waals surface area contributed by atoms with Gasteiger partial charge in [0.15, 0.2) is 6.54 Å². The number of hydrogen-bond acceptors (Lipinski definition) is 3. The lowest BCUT2D eigenvalue weighted by Crippen LogP contribution is -3.14. The number of rotatable bonds is 4. The summed E-state index contributed by atoms with van der Waals surface area (Å²) in [5.41, 5.74) is 7.61. The SMILES string of the molecule is NC(=O)C1CC[NH+](CC(=O)N2c3ccccc3SC[C@H]2c2ccccc2)CC1. The Morgan fingerprint density at radius 2 is 1.71 bits per heavy atom. The van der Waals surface area contributed by atoms with Crippen molar-refractivity contribution in [3.05, 3.63) is 60.2 Å². The number of fused-ring (bicyclic) bond motifs is 1. The Hall–Kier alpha value is -2.31. The summed E-state index contributed by atoms with van der Waals surface area (Å²) in [6, 6.07) is 18.5. The molecule has 2 aliphatic heterocycles. The lowest BCUT2D eigenvalue weighted by molar-refractivity contribution is -0.897. The van der Waals surface area contributed by atoms with Crippen LogP contribution in [0.15, 0.2) is 59.5 Å². The Morgan fingerprint density at radius 3 is 2.43 bits per heavy atom. The Kier molecular flexibility index (Phi) is 5.69. The van der Waals surface area contributed by atoms with Crippen LogP contribution in [0.4, 0.5) is 5.69 Å². The van der Waals surface area contributed by atoms with Crippen molar-refractivity contribution in [3.63, 3.8) is 0 Å². The summed E-state index contributed by atoms with van der Waals surface area (Å²) >= 11 is 1.81. The molecule has 2 aromatic carbocycles. The number of hydrogen-bond donors (Lipinski definition) is 2. The molecule has 0 aliphatic carbocycles. The van der Waals surface area contributed by atoms with E-state index in [-0.39, 0.29) is 23.8 Å². The van der Waals surface area contributed by atoms with Crippen LogP contribution in [0.5, 0.6) is 0 Å². The van der Waals surface area contributed by atoms with E-state index in [1.54, 1.807) is 0 Å². The first-order valence-electron chi connectivity index (χ1n) is 9.85. The predicted octanol–water partition coefficient (Wildman–Crippen LogP) is 1.65. The normalized spacial score (nSPS) is 24.4. The van der Waals surface area contributed by atoms with Gasteiger partial charge in [-0.1, -0.05) is 42.5 Å². The number of para-hydroxylation sites is 1. The van der Waals surface area contributed by atoms with Gasteiger partial charge in [-0.25, -0.2) is 0 Å². The van der Waals surface area contributed by atoms with Crippen molar-refractivity contribution < 1.29 is 14.5 Å². The van der Waals surface area contributed by atoms with E-state index in [1.165, 1.54) is 10.5 Å². The van der Waals surface area contributed by atoms with Crippen LogP contribution in [0.1, 0.15) is 24.4 Å². The average molecular weight is 397 g/mol. The molecule has 3 N–H and O–H groups in total. The fourth-order valence-corrected chi connectivity index (χ4v) is 5.37. The summed E-state index contributed by atoms with van der Waals surface area (Å²) in [5, 5.41) is 0. The molecule has 0 radical (unpaired) electrons. The summed E-state index contributed by atoms with van der Waals surface area (Å²) in [5.74, 6) is 0.750. The Bertz CT molecular complexity index is 850. The lowest BCUT2D eigenvalue weighted by atomic mass is 9.96. The number of amides is 2. The second kappa shape index (κ2) is 8.37. The molecule has 2 amide bonds. The molecule has 0 saturated carbocycles. The van der Waals surface area contributed by atoms with E-state index in [4.69, 9.17) is 5.73 Å². The third kappa shape index (κ3) is 3.93. The zero-order chi connectivity index (χ0) is 19.5. The Morgan fingerprint density at radius 1 is 1.04 bits per heavy atom. The highest BCUT2D eigenvalue weighted by molar-refractivity contribution is 7.99. The van der Waals surface area contributed by atoms with Gasteiger partial charge in [0.05, 0.1) is 24.8 Å². The number of anilines is 1. The van der Waals surface area contributed by atoms with Crippen molar-refractivity contribution in [1.82, 2.24) is 0 Å². The van der Waals surface area contributed by atoms with Crippen LogP contribution < -0.4 is 15.5 Å². The molecule has 2 aliphatic rings. The summed E-state index contributed by atoms with van der Waals surface area (Å²) < 4.78 is 0. The molecule has 1 atom stereocenters. The van der Waals surface area contributed by atoms with E-state index in [9.17, 15) is 9.59 Å². The molecule has 28 heavy (non-hydrogen) atoms. The van der Waals surface area contributed by atoms with Crippen molar-refractivity contribution in [2.75, 3.05) is 30.3 Å². The van der Waals surface area contributed by atoms with Crippen molar-refractivity contribution in [2.24, 2.45) is 11.7 Å². The van der Waals surface area contributed by atoms with E-state index in [1.807, 2.05) is 53.1 Å². The van der Waals surface area contributed by atoms with Crippen molar-refractivity contribution in [1.29, 1.82) is 0 Å². The molecule has 0 bridgehead atoms. The van der Waals surface area contributed by atoms with Crippen molar-refractivity contribution in [3.8, 4) is 0 Å². The lowest BCUT2D eigenvalue weighted by Gasteiger charge is -2.38. The molecule has 0 spiro atoms. The minimum Gasteiger partial charge on any atom is -0.369 e. The molecule has 6 heteroatoms. The molecular weight excluding hydrogens is 370 g/mol. The first-order valence-corrected chi connectivity index (χ1v) is 10.8. The number of nitrogens with two attached hydrogens (primary N) is 1. The maximum Gasteiger partial charge on any atom is 0.282 e. The average Bonchev–Trinajstić information content (AvgIpc) is 2.74. The summed E-state index contributed by atoms with van der Waals surface area (Å²) in [6.45, 7) is 2.09. The second-order valence-electron chi connectivity index (χ2n) is 7.57. The van der Waals surface area contributed by atoms with Crippen LogP contribution in [0, 0.1) is 5.92 Å². The van der Waals surface area contributed by atoms with Crippen LogP contribution >= 0.6 is 11.8 Å². The minimum atomic E-state index is -0.212. The molecule has 0 aromatic heterocycles. The smallest absolute Gasteiger partial charge is 0.282 e. The van der Waals surface area contributed by atoms with E-state index in [0.717, 1.165) is 42.3 Å². The Balaban J connectivity index is 1.55. The van der Waals surface area contributed by atoms with Crippen LogP contribution in [0.2, 0.25) is 0 Å². The van der Waals surface area contributed by atoms with Gasteiger partial charge in [-0.05, 0) is 17.7 Å². The number of quaternary nitrogens is 1. The summed E-state index contributed by atoms with van der Waals surface area (Å²) in [4.78, 5) is 29.2. The van der Waals surface area contributed by atoms with Gasteiger partial charge >= 0.3 is 0 Å². The number of nitrogens with one attached hydrogen (secondary N) is 1. The zero-order valence-corrected chi connectivity index (χ0v) is 16.7. The third-order valence-corrected chi connectivity index (χ3v) is 6.92. The van der Waals surface area contributed by atoms with Gasteiger partial charge in [-0.3, -0.25) is 14.5 Å². The highest BCUT2D eigenvalue weighted by Gasteiger charge is 2.35. The number of benzene rings is 2. The zero-order valence-electron chi connectivity index (χ0n) is 15.8. The molecular formula is C22H26N3O2S+. The van der Waals surface area contributed by atoms with Crippen LogP contribution in [0.25, 0.3) is 0 Å². The van der Waals surface area contributed by atoms with Gasteiger partial charge in [0.2, 0.25) is 5.91 Å². The molecule has 146 valence electrons. The first-order chi connectivity index (χ1) is 13.6. The monoisotopic (exact) mass is 396 g/mol. The Labute approximate surface area is 169 Å². The maximum atomic E-state index is 13.4. The molecule has 4 rings (SSSR count). The number of carbonyl (C=O) groups excluding carboxylic acids is 2. The molecule has 2 aromatic rings. The van der Waals surface area contributed by atoms with Crippen LogP contribution in [0.3, 0.4) is 0 Å². The van der Waals surface area contributed by atoms with Gasteiger partial charge in [-0.15, -0.1) is 11.8 Å². The van der Waals surface area contributed by atoms with Gasteiger partial charge in [0.25, 0.3) is 5.91 Å². The van der Waals surface area contributed by atoms with Gasteiger partial charge in [0.1, 0.15) is 0 Å². The number of carbonyl (C=O) groups is 2. The minimum absolute atomic E-state index is 0.0381. The third-order valence-electron chi connectivity index (χ3n) is 5.78. The van der Waals surface area contributed by atoms with E-state index >= 15 is 0 Å². The fourth-order valence-electron chi connectivity index (χ4n) is 4.20. The molecule has 2 heterocycles.